The van der Waals surface area contributed by atoms with E-state index < -0.39 is 20.0 Å². The molecule has 0 aliphatic carbocycles. The van der Waals surface area contributed by atoms with Crippen molar-refractivity contribution < 1.29 is 30.5 Å². The molecular weight excluding hydrogens is 427 g/mol. The van der Waals surface area contributed by atoms with Gasteiger partial charge in [0, 0.05) is 0 Å². The van der Waals surface area contributed by atoms with Gasteiger partial charge in [0.1, 0.15) is 0 Å². The van der Waals surface area contributed by atoms with Gasteiger partial charge in [-0.05, 0) is 0 Å². The molecule has 0 radical (unpaired) electrons. The quantitative estimate of drug-likeness (QED) is 0.249. The summed E-state index contributed by atoms with van der Waals surface area (Å²) in [6, 6.07) is 0. The zero-order valence-electron chi connectivity index (χ0n) is 4.79. The van der Waals surface area contributed by atoms with Gasteiger partial charge in [-0.1, -0.05) is 0 Å². The van der Waals surface area contributed by atoms with Gasteiger partial charge < -0.3 is 0 Å². The molecule has 0 heterocycles. The molecule has 0 saturated heterocycles. The van der Waals surface area contributed by atoms with E-state index in [0.29, 0.717) is 0 Å². The summed E-state index contributed by atoms with van der Waals surface area (Å²) >= 11 is 0. The summed E-state index contributed by atoms with van der Waals surface area (Å²) in [6.07, 6.45) is 0. The number of hydrogen-bond acceptors (Lipinski definition) is 4. The van der Waals surface area contributed by atoms with Crippen molar-refractivity contribution >= 4 is 259 Å². The fraction of sp³-hybridized carbons (Fsp3) is 0. The van der Waals surface area contributed by atoms with Gasteiger partial charge in [-0.25, -0.2) is 8.42 Å². The smallest absolute Gasteiger partial charge is 0.316 e. The molecule has 0 atom stereocenters. The first-order chi connectivity index (χ1) is 4.00. The second-order valence-corrected chi connectivity index (χ2v) is 6.64. The van der Waals surface area contributed by atoms with Gasteiger partial charge >= 0.3 is 188 Å². The molecule has 17 heavy (non-hydrogen) atoms. The minimum atomic E-state index is -4.67. The molecule has 0 unspecified atom stereocenters. The Bertz CT molecular complexity index is 235. The Morgan fingerprint density at radius 2 is 0.706 bits per heavy atom. The molecule has 3 N–H and O–H groups in total. The van der Waals surface area contributed by atoms with E-state index in [4.69, 9.17) is 22.1 Å². The third-order valence-electron chi connectivity index (χ3n) is 0. The maximum absolute atomic E-state index is 9.25. The van der Waals surface area contributed by atoms with Crippen LogP contribution in [0, 0.1) is 0 Å². The largest absolute Gasteiger partial charge is 0.316 e. The molecule has 0 aromatic carbocycles. The van der Waals surface area contributed by atoms with Crippen molar-refractivity contribution in [3.8, 4) is 0 Å². The van der Waals surface area contributed by atoms with Gasteiger partial charge in [0.2, 0.25) is 9.57 Å². The molecule has 0 saturated carbocycles. The van der Waals surface area contributed by atoms with Crippen molar-refractivity contribution in [2.24, 2.45) is 0 Å². The number of hydrogen-bond donors (Lipinski definition) is 3. The van der Waals surface area contributed by atoms with Crippen LogP contribution in [0.4, 0.5) is 0 Å². The molecule has 7 nitrogen and oxygen atoms in total. The molecular formula is H20Al3K3MgO7S2Si. The second-order valence-electron chi connectivity index (χ2n) is 1.18. The third-order valence-corrected chi connectivity index (χ3v) is 0. The number of rotatable bonds is 0. The van der Waals surface area contributed by atoms with Gasteiger partial charge in [-0.3, -0.25) is 13.7 Å². The zero-order valence-corrected chi connectivity index (χ0v) is 8.42. The van der Waals surface area contributed by atoms with Crippen molar-refractivity contribution in [3.63, 3.8) is 0 Å². The molecule has 0 aromatic rings. The first kappa shape index (κ1) is 56.4. The normalized spacial score (nSPS) is 7.00. The minimum Gasteiger partial charge on any atom is 0.316 e. The van der Waals surface area contributed by atoms with Crippen molar-refractivity contribution in [2.75, 3.05) is 0 Å². The Morgan fingerprint density at radius 3 is 0.706 bits per heavy atom. The van der Waals surface area contributed by atoms with E-state index in [1.807, 2.05) is 0 Å². The summed E-state index contributed by atoms with van der Waals surface area (Å²) in [5.41, 5.74) is 0. The molecule has 0 aliphatic heterocycles. The molecule has 0 spiro atoms. The Balaban J connectivity index is -0.00000000762. The average Bonchev–Trinajstić information content (AvgIpc) is 1.12. The van der Waals surface area contributed by atoms with Crippen molar-refractivity contribution in [2.45, 2.75) is 0 Å². The Hall–Kier alpha value is 7.27. The van der Waals surface area contributed by atoms with Gasteiger partial charge in [-0.2, -0.15) is 8.42 Å². The Morgan fingerprint density at radius 1 is 0.706 bits per heavy atom. The van der Waals surface area contributed by atoms with Gasteiger partial charge in [0.25, 0.3) is 0 Å². The summed E-state index contributed by atoms with van der Waals surface area (Å²) < 4.78 is 57.6. The van der Waals surface area contributed by atoms with Crippen LogP contribution in [0.3, 0.4) is 0 Å². The average molecular weight is 447 g/mol. The fourth-order valence-corrected chi connectivity index (χ4v) is 0. The van der Waals surface area contributed by atoms with E-state index in [9.17, 15) is 8.42 Å². The SMILES string of the molecule is O=S(=O)(O)O.O=S(=O)(O)[SiH3].[AlH3].[AlH3].[AlH3].[KH].[KH].[KH].[MgH2]. The summed E-state index contributed by atoms with van der Waals surface area (Å²) in [6.45, 7) is 0. The maximum Gasteiger partial charge on any atom is 0.316 e. The van der Waals surface area contributed by atoms with E-state index in [1.54, 1.807) is 0 Å². The van der Waals surface area contributed by atoms with Crippen molar-refractivity contribution in [1.82, 2.24) is 0 Å². The van der Waals surface area contributed by atoms with Crippen LogP contribution in [0.2, 0.25) is 0 Å². The van der Waals surface area contributed by atoms with Gasteiger partial charge in [0.15, 0.2) is 61.5 Å². The Kier molecular flexibility index (Phi) is 103. The van der Waals surface area contributed by atoms with Crippen LogP contribution < -0.4 is 0 Å². The van der Waals surface area contributed by atoms with E-state index in [2.05, 4.69) is 0 Å². The predicted octanol–water partition coefficient (Wildman–Crippen LogP) is -8.91. The van der Waals surface area contributed by atoms with Crippen LogP contribution in [-0.4, -0.2) is 269 Å². The topological polar surface area (TPSA) is 129 Å². The van der Waals surface area contributed by atoms with E-state index >= 15 is 0 Å². The molecule has 0 amide bonds. The van der Waals surface area contributed by atoms with Crippen LogP contribution >= 0.6 is 0 Å². The molecule has 0 fully saturated rings. The molecule has 92 valence electrons. The molecule has 17 heteroatoms. The monoisotopic (exact) mass is 446 g/mol. The second kappa shape index (κ2) is 31.1. The maximum atomic E-state index is 9.25. The summed E-state index contributed by atoms with van der Waals surface area (Å²) in [4.78, 5) is 0. The third kappa shape index (κ3) is 199. The van der Waals surface area contributed by atoms with Gasteiger partial charge in [-0.15, -0.1) is 0 Å². The molecule has 0 aromatic heterocycles. The van der Waals surface area contributed by atoms with E-state index in [0.717, 1.165) is 0 Å². The summed E-state index contributed by atoms with van der Waals surface area (Å²) in [7, 11) is -8.36. The zero-order chi connectivity index (χ0) is 9.00. The molecule has 0 bridgehead atoms. The summed E-state index contributed by atoms with van der Waals surface area (Å²) in [5.74, 6) is 0. The van der Waals surface area contributed by atoms with E-state index in [1.165, 1.54) is 0 Å². The van der Waals surface area contributed by atoms with Crippen LogP contribution in [0.25, 0.3) is 0 Å². The van der Waals surface area contributed by atoms with Crippen LogP contribution in [-0.2, 0) is 20.0 Å². The van der Waals surface area contributed by atoms with Crippen molar-refractivity contribution in [1.29, 1.82) is 0 Å². The Labute approximate surface area is 280 Å². The van der Waals surface area contributed by atoms with E-state index in [-0.39, 0.29) is 239 Å². The first-order valence-electron chi connectivity index (χ1n) is 1.62. The van der Waals surface area contributed by atoms with Crippen LogP contribution in [0.1, 0.15) is 0 Å². The minimum absolute atomic E-state index is 0. The molecule has 0 rings (SSSR count). The van der Waals surface area contributed by atoms with Crippen molar-refractivity contribution in [3.05, 3.63) is 0 Å². The van der Waals surface area contributed by atoms with Crippen LogP contribution in [0.15, 0.2) is 0 Å². The fourth-order valence-electron chi connectivity index (χ4n) is 0. The molecule has 0 aliphatic rings. The van der Waals surface area contributed by atoms with Crippen LogP contribution in [0.5, 0.6) is 0 Å². The van der Waals surface area contributed by atoms with Gasteiger partial charge in [0.05, 0.1) is 0 Å². The summed E-state index contributed by atoms with van der Waals surface area (Å²) in [5, 5.41) is 0. The standard InChI is InChI=1S/3Al.3K.Mg.H2O4S.H4O3SSi.14H/c;;;;;;;1-5(2,3)4;1-4(2,3)5;;;;;;;;;;;;;;/h;;;;;;;(H2,1,2,3,4);5H3,(H,1,2,3);;;;;;;;;;;;;;. The predicted molar refractivity (Wildman–Crippen MR) is 95.5 cm³/mol. The first-order valence-corrected chi connectivity index (χ1v) is 7.32.